The number of carbonyl (C=O) groups is 2. The molecule has 116 valence electrons. The highest BCUT2D eigenvalue weighted by molar-refractivity contribution is 5.89. The Morgan fingerprint density at radius 3 is 1.96 bits per heavy atom. The number of benzene rings is 2. The Morgan fingerprint density at radius 2 is 1.35 bits per heavy atom. The number of nitrogens with one attached hydrogen (secondary N) is 3. The van der Waals surface area contributed by atoms with Crippen LogP contribution < -0.4 is 16.0 Å². The third-order valence-corrected chi connectivity index (χ3v) is 4.64. The molecule has 2 fully saturated rings. The maximum absolute atomic E-state index is 12.5. The fourth-order valence-electron chi connectivity index (χ4n) is 3.61. The Kier molecular flexibility index (Phi) is 2.66. The van der Waals surface area contributed by atoms with E-state index < -0.39 is 11.3 Å². The van der Waals surface area contributed by atoms with Gasteiger partial charge in [-0.3, -0.25) is 4.90 Å². The summed E-state index contributed by atoms with van der Waals surface area (Å²) in [5.74, 6) is 0. The molecule has 2 heterocycles. The fraction of sp³-hybridized carbons (Fsp3) is 0.176. The lowest BCUT2D eigenvalue weighted by atomic mass is 9.82. The Labute approximate surface area is 133 Å². The predicted molar refractivity (Wildman–Crippen MR) is 84.2 cm³/mol. The molecule has 2 saturated heterocycles. The normalized spacial score (nSPS) is 28.8. The molecule has 0 aliphatic carbocycles. The van der Waals surface area contributed by atoms with Gasteiger partial charge in [0.1, 0.15) is 0 Å². The first-order valence-corrected chi connectivity index (χ1v) is 7.37. The molecular formula is C17H16N4O2. The van der Waals surface area contributed by atoms with Crippen LogP contribution in [0, 0.1) is 0 Å². The van der Waals surface area contributed by atoms with Gasteiger partial charge in [-0.25, -0.2) is 9.59 Å². The van der Waals surface area contributed by atoms with Gasteiger partial charge < -0.3 is 16.0 Å². The molecule has 4 rings (SSSR count). The van der Waals surface area contributed by atoms with Crippen LogP contribution in [0.25, 0.3) is 0 Å². The summed E-state index contributed by atoms with van der Waals surface area (Å²) in [7, 11) is 1.68. The summed E-state index contributed by atoms with van der Waals surface area (Å²) < 4.78 is 0. The van der Waals surface area contributed by atoms with Crippen molar-refractivity contribution in [2.75, 3.05) is 7.05 Å². The van der Waals surface area contributed by atoms with Crippen molar-refractivity contribution in [3.8, 4) is 0 Å². The van der Waals surface area contributed by atoms with Gasteiger partial charge in [0.05, 0.1) is 0 Å². The van der Waals surface area contributed by atoms with Gasteiger partial charge >= 0.3 is 12.1 Å². The monoisotopic (exact) mass is 308 g/mol. The second-order valence-electron chi connectivity index (χ2n) is 5.76. The van der Waals surface area contributed by atoms with E-state index in [4.69, 9.17) is 0 Å². The van der Waals surface area contributed by atoms with Crippen molar-refractivity contribution < 1.29 is 9.59 Å². The third kappa shape index (κ3) is 1.57. The van der Waals surface area contributed by atoms with Gasteiger partial charge in [0.2, 0.25) is 0 Å². The van der Waals surface area contributed by atoms with Crippen molar-refractivity contribution in [3.63, 3.8) is 0 Å². The van der Waals surface area contributed by atoms with Crippen molar-refractivity contribution in [1.29, 1.82) is 0 Å². The molecule has 6 nitrogen and oxygen atoms in total. The summed E-state index contributed by atoms with van der Waals surface area (Å²) >= 11 is 0. The number of carbonyl (C=O) groups excluding carboxylic acids is 2. The van der Waals surface area contributed by atoms with E-state index in [1.54, 1.807) is 7.05 Å². The predicted octanol–water partition coefficient (Wildman–Crippen LogP) is 1.66. The molecular weight excluding hydrogens is 292 g/mol. The van der Waals surface area contributed by atoms with E-state index in [-0.39, 0.29) is 12.1 Å². The Morgan fingerprint density at radius 1 is 0.783 bits per heavy atom. The summed E-state index contributed by atoms with van der Waals surface area (Å²) in [5, 5.41) is 8.84. The maximum atomic E-state index is 12.5. The first kappa shape index (κ1) is 13.6. The van der Waals surface area contributed by atoms with E-state index in [0.29, 0.717) is 0 Å². The Balaban J connectivity index is 2.02. The highest BCUT2D eigenvalue weighted by Crippen LogP contribution is 2.47. The molecule has 2 aromatic rings. The van der Waals surface area contributed by atoms with Crippen LogP contribution in [0.1, 0.15) is 11.1 Å². The molecule has 3 N–H and O–H groups in total. The topological polar surface area (TPSA) is 73.5 Å². The quantitative estimate of drug-likeness (QED) is 0.789. The molecule has 2 aliphatic rings. The molecule has 23 heavy (non-hydrogen) atoms. The zero-order valence-electron chi connectivity index (χ0n) is 12.5. The van der Waals surface area contributed by atoms with Crippen LogP contribution in [0.5, 0.6) is 0 Å². The zero-order chi connectivity index (χ0) is 16.1. The molecule has 0 saturated carbocycles. The summed E-state index contributed by atoms with van der Waals surface area (Å²) in [6, 6.07) is 18.4. The van der Waals surface area contributed by atoms with Crippen LogP contribution >= 0.6 is 0 Å². The van der Waals surface area contributed by atoms with Gasteiger partial charge in [-0.1, -0.05) is 60.7 Å². The van der Waals surface area contributed by atoms with Crippen molar-refractivity contribution >= 4 is 12.1 Å². The fourth-order valence-corrected chi connectivity index (χ4v) is 3.61. The van der Waals surface area contributed by atoms with Crippen molar-refractivity contribution in [3.05, 3.63) is 71.8 Å². The lowest BCUT2D eigenvalue weighted by Gasteiger charge is -2.41. The Bertz CT molecular complexity index is 780. The number of hydrogen-bond donors (Lipinski definition) is 3. The smallest absolute Gasteiger partial charge is 0.307 e. The van der Waals surface area contributed by atoms with E-state index >= 15 is 0 Å². The summed E-state index contributed by atoms with van der Waals surface area (Å²) in [4.78, 5) is 26.3. The number of amides is 4. The SMILES string of the molecule is CN1C(=O)NC2(c3ccccc3)NC(=O)NC12c1ccccc1. The molecule has 2 atom stereocenters. The summed E-state index contributed by atoms with van der Waals surface area (Å²) in [6.07, 6.45) is 0. The molecule has 2 aliphatic heterocycles. The van der Waals surface area contributed by atoms with E-state index in [0.717, 1.165) is 11.1 Å². The van der Waals surface area contributed by atoms with Crippen LogP contribution in [0.3, 0.4) is 0 Å². The van der Waals surface area contributed by atoms with Crippen LogP contribution in [0.4, 0.5) is 9.59 Å². The van der Waals surface area contributed by atoms with Crippen molar-refractivity contribution in [1.82, 2.24) is 20.9 Å². The average Bonchev–Trinajstić information content (AvgIpc) is 2.99. The van der Waals surface area contributed by atoms with E-state index in [9.17, 15) is 9.59 Å². The zero-order valence-corrected chi connectivity index (χ0v) is 12.5. The average molecular weight is 308 g/mol. The maximum Gasteiger partial charge on any atom is 0.321 e. The molecule has 0 aromatic heterocycles. The molecule has 0 bridgehead atoms. The van der Waals surface area contributed by atoms with Gasteiger partial charge in [-0.05, 0) is 0 Å². The van der Waals surface area contributed by atoms with Crippen molar-refractivity contribution in [2.45, 2.75) is 11.3 Å². The molecule has 6 heteroatoms. The van der Waals surface area contributed by atoms with E-state index in [1.165, 1.54) is 4.90 Å². The number of nitrogens with zero attached hydrogens (tertiary/aromatic N) is 1. The lowest BCUT2D eigenvalue weighted by molar-refractivity contribution is 0.103. The van der Waals surface area contributed by atoms with E-state index in [1.807, 2.05) is 60.7 Å². The molecule has 0 spiro atoms. The van der Waals surface area contributed by atoms with Gasteiger partial charge in [0, 0.05) is 18.2 Å². The number of hydrogen-bond acceptors (Lipinski definition) is 2. The minimum Gasteiger partial charge on any atom is -0.307 e. The molecule has 4 amide bonds. The molecule has 2 aromatic carbocycles. The highest BCUT2D eigenvalue weighted by Gasteiger charge is 2.69. The first-order valence-electron chi connectivity index (χ1n) is 7.37. The lowest BCUT2D eigenvalue weighted by Crippen LogP contribution is -2.61. The van der Waals surface area contributed by atoms with Crippen LogP contribution in [-0.4, -0.2) is 24.0 Å². The highest BCUT2D eigenvalue weighted by atomic mass is 16.2. The van der Waals surface area contributed by atoms with E-state index in [2.05, 4.69) is 16.0 Å². The number of urea groups is 2. The first-order chi connectivity index (χ1) is 11.1. The summed E-state index contributed by atoms with van der Waals surface area (Å²) in [5.41, 5.74) is -0.481. The standard InChI is InChI=1S/C17H16N4O2/c1-21-15(23)20-16(12-8-4-2-5-9-12)17(21,19-14(22)18-16)13-10-6-3-7-11-13/h2-11H,1H3,(H,20,23)(H2,18,19,22). The summed E-state index contributed by atoms with van der Waals surface area (Å²) in [6.45, 7) is 0. The minimum atomic E-state index is -1.07. The second-order valence-corrected chi connectivity index (χ2v) is 5.76. The van der Waals surface area contributed by atoms with Crippen molar-refractivity contribution in [2.24, 2.45) is 0 Å². The van der Waals surface area contributed by atoms with Gasteiger partial charge in [0.25, 0.3) is 0 Å². The van der Waals surface area contributed by atoms with Gasteiger partial charge in [-0.2, -0.15) is 0 Å². The van der Waals surface area contributed by atoms with Crippen LogP contribution in [-0.2, 0) is 11.3 Å². The largest absolute Gasteiger partial charge is 0.321 e. The molecule has 2 unspecified atom stereocenters. The van der Waals surface area contributed by atoms with Gasteiger partial charge in [-0.15, -0.1) is 0 Å². The van der Waals surface area contributed by atoms with Crippen LogP contribution in [0.2, 0.25) is 0 Å². The third-order valence-electron chi connectivity index (χ3n) is 4.64. The number of likely N-dealkylation sites (N-methyl/N-ethyl adjacent to an activating group) is 1. The Hall–Kier alpha value is -3.02. The number of fused-ring (bicyclic) bond motifs is 1. The minimum absolute atomic E-state index is 0.259. The molecule has 0 radical (unpaired) electrons. The number of rotatable bonds is 2. The van der Waals surface area contributed by atoms with Gasteiger partial charge in [0.15, 0.2) is 11.3 Å². The second kappa shape index (κ2) is 4.49. The van der Waals surface area contributed by atoms with Crippen LogP contribution in [0.15, 0.2) is 60.7 Å².